The average molecular weight is 575 g/mol. The molecule has 2 aromatic rings. The highest BCUT2D eigenvalue weighted by molar-refractivity contribution is 5.94. The molecule has 0 aliphatic rings. The molecular formula is C27H42N8O6. The Balaban J connectivity index is 2.11. The van der Waals surface area contributed by atoms with E-state index >= 15 is 0 Å². The zero-order valence-corrected chi connectivity index (χ0v) is 23.6. The van der Waals surface area contributed by atoms with Gasteiger partial charge in [0.05, 0.1) is 12.1 Å². The van der Waals surface area contributed by atoms with E-state index in [9.17, 15) is 29.4 Å². The predicted octanol–water partition coefficient (Wildman–Crippen LogP) is -0.943. The van der Waals surface area contributed by atoms with E-state index in [2.05, 4.69) is 25.9 Å². The molecular weight excluding hydrogens is 532 g/mol. The van der Waals surface area contributed by atoms with E-state index in [0.717, 1.165) is 10.9 Å². The number of aliphatic hydroxyl groups excluding tert-OH is 1. The second-order valence-electron chi connectivity index (χ2n) is 10.1. The lowest BCUT2D eigenvalue weighted by molar-refractivity contribution is -0.142. The molecule has 1 aromatic heterocycles. The van der Waals surface area contributed by atoms with Gasteiger partial charge in [0.25, 0.3) is 0 Å². The topological polar surface area (TPSA) is 251 Å². The van der Waals surface area contributed by atoms with Gasteiger partial charge in [0, 0.05) is 30.1 Å². The first-order valence-corrected chi connectivity index (χ1v) is 13.5. The molecule has 0 saturated carbocycles. The quantitative estimate of drug-likeness (QED) is 0.0680. The van der Waals surface area contributed by atoms with Crippen LogP contribution in [-0.4, -0.2) is 81.7 Å². The molecule has 0 aliphatic carbocycles. The van der Waals surface area contributed by atoms with E-state index < -0.39 is 59.9 Å². The van der Waals surface area contributed by atoms with Crippen LogP contribution in [0.5, 0.6) is 0 Å². The lowest BCUT2D eigenvalue weighted by atomic mass is 9.96. The molecule has 14 heteroatoms. The van der Waals surface area contributed by atoms with Crippen LogP contribution >= 0.6 is 0 Å². The van der Waals surface area contributed by atoms with Gasteiger partial charge in [0.2, 0.25) is 17.7 Å². The molecule has 2 rings (SSSR count). The smallest absolute Gasteiger partial charge is 0.326 e. The minimum absolute atomic E-state index is 0.0136. The molecule has 226 valence electrons. The monoisotopic (exact) mass is 574 g/mol. The number of carboxylic acids is 1. The van der Waals surface area contributed by atoms with Crippen molar-refractivity contribution in [1.29, 1.82) is 0 Å². The fourth-order valence-electron chi connectivity index (χ4n) is 4.24. The lowest BCUT2D eigenvalue weighted by Crippen LogP contribution is -2.61. The Bertz CT molecular complexity index is 1230. The molecule has 14 nitrogen and oxygen atoms in total. The lowest BCUT2D eigenvalue weighted by Gasteiger charge is -2.29. The Kier molecular flexibility index (Phi) is 12.5. The number of fused-ring (bicyclic) bond motifs is 1. The van der Waals surface area contributed by atoms with Gasteiger partial charge in [0.1, 0.15) is 18.1 Å². The van der Waals surface area contributed by atoms with Crippen LogP contribution in [0.1, 0.15) is 45.6 Å². The molecule has 12 N–H and O–H groups in total. The molecule has 0 fully saturated rings. The van der Waals surface area contributed by atoms with Crippen LogP contribution in [0, 0.1) is 5.92 Å². The number of rotatable bonds is 16. The second kappa shape index (κ2) is 15.6. The number of aromatic amines is 1. The number of nitrogens with one attached hydrogen (secondary N) is 4. The first-order valence-electron chi connectivity index (χ1n) is 13.5. The van der Waals surface area contributed by atoms with E-state index in [0.29, 0.717) is 18.4 Å². The Labute approximate surface area is 238 Å². The highest BCUT2D eigenvalue weighted by atomic mass is 16.4. The van der Waals surface area contributed by atoms with Crippen LogP contribution in [0.25, 0.3) is 10.9 Å². The van der Waals surface area contributed by atoms with Crippen molar-refractivity contribution in [2.24, 2.45) is 28.1 Å². The number of amides is 3. The van der Waals surface area contributed by atoms with Gasteiger partial charge in [0.15, 0.2) is 5.96 Å². The molecule has 1 heterocycles. The molecule has 3 amide bonds. The van der Waals surface area contributed by atoms with Crippen molar-refractivity contribution in [3.8, 4) is 0 Å². The zero-order chi connectivity index (χ0) is 30.7. The number of aromatic nitrogens is 1. The van der Waals surface area contributed by atoms with Crippen LogP contribution in [0.15, 0.2) is 35.5 Å². The molecule has 0 aliphatic heterocycles. The van der Waals surface area contributed by atoms with Crippen molar-refractivity contribution in [2.75, 3.05) is 6.54 Å². The maximum atomic E-state index is 13.3. The predicted molar refractivity (Wildman–Crippen MR) is 154 cm³/mol. The number of para-hydroxylation sites is 1. The third-order valence-electron chi connectivity index (χ3n) is 6.87. The van der Waals surface area contributed by atoms with Crippen LogP contribution in [-0.2, 0) is 25.6 Å². The Hall–Kier alpha value is -4.17. The highest BCUT2D eigenvalue weighted by Crippen LogP contribution is 2.19. The normalized spacial score (nSPS) is 15.5. The van der Waals surface area contributed by atoms with Gasteiger partial charge < -0.3 is 48.3 Å². The first-order chi connectivity index (χ1) is 19.3. The van der Waals surface area contributed by atoms with Gasteiger partial charge in [-0.05, 0) is 37.3 Å². The van der Waals surface area contributed by atoms with Crippen molar-refractivity contribution in [3.63, 3.8) is 0 Å². The fraction of sp³-hybridized carbons (Fsp3) is 0.519. The molecule has 41 heavy (non-hydrogen) atoms. The van der Waals surface area contributed by atoms with Gasteiger partial charge in [-0.15, -0.1) is 0 Å². The van der Waals surface area contributed by atoms with Gasteiger partial charge in [-0.1, -0.05) is 38.5 Å². The standard InChI is InChI=1S/C27H42N8O6/c1-4-14(2)21(24(38)33-20(26(40)41)12-16-13-32-19-10-6-5-8-17(16)19)34-25(39)22(15(3)36)35-23(37)18(28)9-7-11-31-27(29)30/h5-6,8,10,13-15,18,20-22,32,36H,4,7,9,11-12,28H2,1-3H3,(H,33,38)(H,34,39)(H,35,37)(H,40,41)(H4,29,30,31). The second-order valence-corrected chi connectivity index (χ2v) is 10.1. The van der Waals surface area contributed by atoms with Crippen molar-refractivity contribution >= 4 is 40.6 Å². The van der Waals surface area contributed by atoms with Crippen molar-refractivity contribution in [2.45, 2.75) is 76.7 Å². The molecule has 6 atom stereocenters. The van der Waals surface area contributed by atoms with Gasteiger partial charge in [-0.3, -0.25) is 19.4 Å². The number of benzene rings is 1. The number of hydrogen-bond donors (Lipinski definition) is 9. The maximum absolute atomic E-state index is 13.3. The number of guanidine groups is 1. The van der Waals surface area contributed by atoms with Crippen molar-refractivity contribution < 1.29 is 29.4 Å². The van der Waals surface area contributed by atoms with Crippen LogP contribution < -0.4 is 33.2 Å². The van der Waals surface area contributed by atoms with E-state index in [-0.39, 0.29) is 25.3 Å². The Morgan fingerprint density at radius 1 is 1.00 bits per heavy atom. The highest BCUT2D eigenvalue weighted by Gasteiger charge is 2.34. The largest absolute Gasteiger partial charge is 0.480 e. The van der Waals surface area contributed by atoms with E-state index in [1.807, 2.05) is 31.2 Å². The van der Waals surface area contributed by atoms with E-state index in [1.165, 1.54) is 6.92 Å². The third kappa shape index (κ3) is 9.76. The number of aliphatic carboxylic acids is 1. The Morgan fingerprint density at radius 3 is 2.24 bits per heavy atom. The number of carbonyl (C=O) groups excluding carboxylic acids is 3. The van der Waals surface area contributed by atoms with E-state index in [4.69, 9.17) is 17.2 Å². The van der Waals surface area contributed by atoms with Gasteiger partial charge >= 0.3 is 5.97 Å². The molecule has 0 bridgehead atoms. The van der Waals surface area contributed by atoms with Crippen molar-refractivity contribution in [3.05, 3.63) is 36.0 Å². The minimum Gasteiger partial charge on any atom is -0.480 e. The maximum Gasteiger partial charge on any atom is 0.326 e. The number of hydrogen-bond acceptors (Lipinski definition) is 7. The van der Waals surface area contributed by atoms with Crippen LogP contribution in [0.3, 0.4) is 0 Å². The van der Waals surface area contributed by atoms with Crippen LogP contribution in [0.4, 0.5) is 0 Å². The average Bonchev–Trinajstić information content (AvgIpc) is 3.33. The molecule has 1 aromatic carbocycles. The summed E-state index contributed by atoms with van der Waals surface area (Å²) in [5.41, 5.74) is 18.0. The van der Waals surface area contributed by atoms with Gasteiger partial charge in [-0.25, -0.2) is 4.79 Å². The van der Waals surface area contributed by atoms with E-state index in [1.54, 1.807) is 13.1 Å². The number of H-pyrrole nitrogens is 1. The summed E-state index contributed by atoms with van der Waals surface area (Å²) in [5.74, 6) is -3.91. The third-order valence-corrected chi connectivity index (χ3v) is 6.87. The SMILES string of the molecule is CCC(C)C(NC(=O)C(NC(=O)C(N)CCCN=C(N)N)C(C)O)C(=O)NC(Cc1c[nH]c2ccccc12)C(=O)O. The minimum atomic E-state index is -1.41. The summed E-state index contributed by atoms with van der Waals surface area (Å²) in [5, 5.41) is 28.5. The Morgan fingerprint density at radius 2 is 1.63 bits per heavy atom. The number of carboxylic acid groups (broad SMARTS) is 1. The number of aliphatic imine (C=N–C) groups is 1. The summed E-state index contributed by atoms with van der Waals surface area (Å²) in [6, 6.07) is 2.59. The van der Waals surface area contributed by atoms with Gasteiger partial charge in [-0.2, -0.15) is 0 Å². The molecule has 0 radical (unpaired) electrons. The number of aliphatic hydroxyl groups is 1. The first kappa shape index (κ1) is 33.0. The molecule has 0 saturated heterocycles. The molecule has 6 unspecified atom stereocenters. The van der Waals surface area contributed by atoms with Crippen molar-refractivity contribution in [1.82, 2.24) is 20.9 Å². The fourth-order valence-corrected chi connectivity index (χ4v) is 4.24. The summed E-state index contributed by atoms with van der Waals surface area (Å²) in [6.07, 6.45) is 1.51. The summed E-state index contributed by atoms with van der Waals surface area (Å²) in [6.45, 7) is 5.12. The number of nitrogens with zero attached hydrogens (tertiary/aromatic N) is 1. The summed E-state index contributed by atoms with van der Waals surface area (Å²) in [7, 11) is 0. The summed E-state index contributed by atoms with van der Waals surface area (Å²) < 4.78 is 0. The molecule has 0 spiro atoms. The summed E-state index contributed by atoms with van der Waals surface area (Å²) >= 11 is 0. The zero-order valence-electron chi connectivity index (χ0n) is 23.6. The summed E-state index contributed by atoms with van der Waals surface area (Å²) in [4.78, 5) is 58.0. The number of carbonyl (C=O) groups is 4. The number of nitrogens with two attached hydrogens (primary N) is 3. The van der Waals surface area contributed by atoms with Crippen LogP contribution in [0.2, 0.25) is 0 Å².